The predicted octanol–water partition coefficient (Wildman–Crippen LogP) is 8.07. The van der Waals surface area contributed by atoms with Gasteiger partial charge in [0.15, 0.2) is 0 Å². The van der Waals surface area contributed by atoms with E-state index < -0.39 is 0 Å². The number of pyridine rings is 1. The van der Waals surface area contributed by atoms with Crippen LogP contribution in [0.3, 0.4) is 0 Å². The van der Waals surface area contributed by atoms with Crippen LogP contribution in [0.15, 0.2) is 67.1 Å². The van der Waals surface area contributed by atoms with E-state index >= 15 is 0 Å². The highest BCUT2D eigenvalue weighted by Gasteiger charge is 2.19. The van der Waals surface area contributed by atoms with Gasteiger partial charge < -0.3 is 0 Å². The van der Waals surface area contributed by atoms with E-state index in [1.807, 2.05) is 6.20 Å². The maximum Gasteiger partial charge on any atom is 0.116 e. The molecule has 0 bridgehead atoms. The molecule has 0 aliphatic rings. The molecule has 4 heteroatoms. The molecule has 0 atom stereocenters. The highest BCUT2D eigenvalue weighted by molar-refractivity contribution is 7.22. The minimum absolute atomic E-state index is 0.0393. The lowest BCUT2D eigenvalue weighted by atomic mass is 9.82. The molecule has 0 fully saturated rings. The number of aromatic nitrogens is 3. The average molecular weight is 452 g/mol. The van der Waals surface area contributed by atoms with Gasteiger partial charge in [-0.3, -0.25) is 4.98 Å². The molecule has 0 aliphatic carbocycles. The quantitative estimate of drug-likeness (QED) is 0.277. The van der Waals surface area contributed by atoms with Crippen molar-refractivity contribution in [3.63, 3.8) is 0 Å². The van der Waals surface area contributed by atoms with Crippen LogP contribution in [-0.2, 0) is 11.8 Å². The molecule has 0 saturated heterocycles. The minimum atomic E-state index is 0.0393. The number of benzene rings is 2. The molecule has 0 spiro atoms. The van der Waals surface area contributed by atoms with E-state index in [2.05, 4.69) is 104 Å². The molecular formula is C29H29N3S. The van der Waals surface area contributed by atoms with E-state index in [1.165, 1.54) is 26.4 Å². The van der Waals surface area contributed by atoms with Gasteiger partial charge in [0, 0.05) is 17.5 Å². The highest BCUT2D eigenvalue weighted by atomic mass is 32.1. The number of nitrogens with zero attached hydrogens (tertiary/aromatic N) is 3. The van der Waals surface area contributed by atoms with Crippen molar-refractivity contribution in [2.24, 2.45) is 5.92 Å². The van der Waals surface area contributed by atoms with Crippen LogP contribution in [0, 0.1) is 5.92 Å². The van der Waals surface area contributed by atoms with Crippen LogP contribution >= 0.6 is 11.3 Å². The number of fused-ring (bicyclic) bond motifs is 2. The third-order valence-corrected chi connectivity index (χ3v) is 7.07. The van der Waals surface area contributed by atoms with Gasteiger partial charge in [-0.15, -0.1) is 11.3 Å². The molecule has 5 aromatic rings. The van der Waals surface area contributed by atoms with Crippen molar-refractivity contribution in [2.75, 3.05) is 0 Å². The summed E-state index contributed by atoms with van der Waals surface area (Å²) in [7, 11) is 0. The first-order valence-electron chi connectivity index (χ1n) is 11.5. The fraction of sp³-hybridized carbons (Fsp3) is 0.276. The third-order valence-electron chi connectivity index (χ3n) is 5.96. The van der Waals surface area contributed by atoms with Gasteiger partial charge in [0.25, 0.3) is 0 Å². The number of hydrogen-bond acceptors (Lipinski definition) is 4. The van der Waals surface area contributed by atoms with Crippen molar-refractivity contribution >= 4 is 32.2 Å². The average Bonchev–Trinajstić information content (AvgIpc) is 3.21. The van der Waals surface area contributed by atoms with Gasteiger partial charge in [-0.2, -0.15) is 0 Å². The fourth-order valence-electron chi connectivity index (χ4n) is 4.38. The first kappa shape index (κ1) is 21.7. The van der Waals surface area contributed by atoms with Crippen molar-refractivity contribution in [2.45, 2.75) is 46.5 Å². The van der Waals surface area contributed by atoms with E-state index in [-0.39, 0.29) is 5.41 Å². The van der Waals surface area contributed by atoms with Gasteiger partial charge in [0.2, 0.25) is 0 Å². The first-order valence-corrected chi connectivity index (χ1v) is 12.3. The summed E-state index contributed by atoms with van der Waals surface area (Å²) < 4.78 is 1.19. The van der Waals surface area contributed by atoms with E-state index in [4.69, 9.17) is 0 Å². The van der Waals surface area contributed by atoms with Crippen LogP contribution in [0.5, 0.6) is 0 Å². The molecule has 0 aliphatic heterocycles. The SMILES string of the molecule is CC(C)Cc1cc2cc(-c3cc(-c4cc(C(C)(C)C)c5ccccc5c4)ncn3)sc2cn1. The van der Waals surface area contributed by atoms with E-state index in [9.17, 15) is 0 Å². The summed E-state index contributed by atoms with van der Waals surface area (Å²) in [5.41, 5.74) is 5.56. The Bertz CT molecular complexity index is 1460. The summed E-state index contributed by atoms with van der Waals surface area (Å²) in [4.78, 5) is 15.1. The molecule has 0 radical (unpaired) electrons. The Morgan fingerprint density at radius 1 is 0.848 bits per heavy atom. The molecule has 3 nitrogen and oxygen atoms in total. The Morgan fingerprint density at radius 3 is 2.42 bits per heavy atom. The van der Waals surface area contributed by atoms with Gasteiger partial charge >= 0.3 is 0 Å². The van der Waals surface area contributed by atoms with E-state index in [0.29, 0.717) is 5.92 Å². The number of thiophene rings is 1. The summed E-state index contributed by atoms with van der Waals surface area (Å²) >= 11 is 1.74. The molecule has 0 unspecified atom stereocenters. The molecule has 33 heavy (non-hydrogen) atoms. The maximum atomic E-state index is 4.66. The van der Waals surface area contributed by atoms with Gasteiger partial charge in [0.1, 0.15) is 6.33 Å². The monoisotopic (exact) mass is 451 g/mol. The second-order valence-corrected chi connectivity index (χ2v) is 11.3. The maximum absolute atomic E-state index is 4.66. The minimum Gasteiger partial charge on any atom is -0.260 e. The predicted molar refractivity (Wildman–Crippen MR) is 141 cm³/mol. The van der Waals surface area contributed by atoms with E-state index in [0.717, 1.165) is 33.9 Å². The standard InChI is InChI=1S/C29H29N3S/c1-18(2)10-22-12-21-14-27(33-28(21)16-30-22)26-15-25(31-17-32-26)20-11-19-8-6-7-9-23(19)24(13-20)29(3,4)5/h6-9,11-18H,10H2,1-5H3. The van der Waals surface area contributed by atoms with Crippen LogP contribution in [0.1, 0.15) is 45.9 Å². The van der Waals surface area contributed by atoms with E-state index in [1.54, 1.807) is 17.7 Å². The van der Waals surface area contributed by atoms with Crippen LogP contribution in [0.2, 0.25) is 0 Å². The second kappa shape index (κ2) is 8.35. The Morgan fingerprint density at radius 2 is 1.64 bits per heavy atom. The normalized spacial score (nSPS) is 12.2. The Hall–Kier alpha value is -3.11. The Labute approximate surface area is 199 Å². The summed E-state index contributed by atoms with van der Waals surface area (Å²) in [6.45, 7) is 11.3. The molecule has 3 aromatic heterocycles. The van der Waals surface area contributed by atoms with Crippen LogP contribution in [-0.4, -0.2) is 15.0 Å². The third kappa shape index (κ3) is 4.40. The zero-order valence-electron chi connectivity index (χ0n) is 19.9. The topological polar surface area (TPSA) is 38.7 Å². The Kier molecular flexibility index (Phi) is 5.49. The van der Waals surface area contributed by atoms with Gasteiger partial charge in [0.05, 0.1) is 21.0 Å². The zero-order valence-corrected chi connectivity index (χ0v) is 20.7. The lowest BCUT2D eigenvalue weighted by molar-refractivity contribution is 0.596. The van der Waals surface area contributed by atoms with Crippen LogP contribution in [0.4, 0.5) is 0 Å². The summed E-state index contributed by atoms with van der Waals surface area (Å²) in [6.07, 6.45) is 4.68. The van der Waals surface area contributed by atoms with Crippen molar-refractivity contribution in [3.05, 3.63) is 78.4 Å². The Balaban J connectivity index is 1.58. The van der Waals surface area contributed by atoms with Crippen molar-refractivity contribution < 1.29 is 0 Å². The lowest BCUT2D eigenvalue weighted by Crippen LogP contribution is -2.12. The first-order chi connectivity index (χ1) is 15.8. The zero-order chi connectivity index (χ0) is 23.2. The van der Waals surface area contributed by atoms with Gasteiger partial charge in [-0.05, 0) is 69.8 Å². The van der Waals surface area contributed by atoms with Crippen LogP contribution < -0.4 is 0 Å². The highest BCUT2D eigenvalue weighted by Crippen LogP contribution is 2.36. The summed E-state index contributed by atoms with van der Waals surface area (Å²) in [5.74, 6) is 0.595. The summed E-state index contributed by atoms with van der Waals surface area (Å²) in [6, 6.07) is 19.7. The molecular weight excluding hydrogens is 422 g/mol. The molecule has 0 N–H and O–H groups in total. The fourth-order valence-corrected chi connectivity index (χ4v) is 5.36. The van der Waals surface area contributed by atoms with Crippen LogP contribution in [0.25, 0.3) is 42.7 Å². The molecule has 0 amide bonds. The molecule has 5 rings (SSSR count). The smallest absolute Gasteiger partial charge is 0.116 e. The lowest BCUT2D eigenvalue weighted by Gasteiger charge is -2.22. The number of rotatable bonds is 4. The molecule has 3 heterocycles. The van der Waals surface area contributed by atoms with Gasteiger partial charge in [-0.1, -0.05) is 58.9 Å². The van der Waals surface area contributed by atoms with Crippen molar-refractivity contribution in [1.82, 2.24) is 15.0 Å². The molecule has 166 valence electrons. The summed E-state index contributed by atoms with van der Waals surface area (Å²) in [5, 5.41) is 3.78. The van der Waals surface area contributed by atoms with Crippen molar-refractivity contribution in [3.8, 4) is 21.8 Å². The largest absolute Gasteiger partial charge is 0.260 e. The van der Waals surface area contributed by atoms with Crippen molar-refractivity contribution in [1.29, 1.82) is 0 Å². The molecule has 0 saturated carbocycles. The van der Waals surface area contributed by atoms with Gasteiger partial charge in [-0.25, -0.2) is 9.97 Å². The second-order valence-electron chi connectivity index (χ2n) is 10.2. The molecule has 2 aromatic carbocycles. The number of hydrogen-bond donors (Lipinski definition) is 0.